The number of aryl methyl sites for hydroxylation is 2. The third-order valence-corrected chi connectivity index (χ3v) is 5.83. The number of rotatable bonds is 6. The molecule has 0 aliphatic carbocycles. The Hall–Kier alpha value is -3.38. The third kappa shape index (κ3) is 4.28. The number of nitrogens with one attached hydrogen (secondary N) is 1. The average Bonchev–Trinajstić information content (AvgIpc) is 3.15. The number of amides is 1. The fraction of sp³-hybridized carbons (Fsp3) is 0.167. The van der Waals surface area contributed by atoms with Crippen molar-refractivity contribution in [2.24, 2.45) is 0 Å². The average molecular weight is 415 g/mol. The summed E-state index contributed by atoms with van der Waals surface area (Å²) in [6, 6.07) is 19.8. The molecular formula is C24H22N4OS. The van der Waals surface area contributed by atoms with Crippen LogP contribution >= 0.6 is 11.5 Å². The van der Waals surface area contributed by atoms with Crippen LogP contribution in [-0.2, 0) is 12.8 Å². The molecule has 2 aromatic carbocycles. The highest BCUT2D eigenvalue weighted by atomic mass is 32.1. The van der Waals surface area contributed by atoms with Crippen molar-refractivity contribution in [3.05, 3.63) is 94.4 Å². The number of para-hydroxylation sites is 1. The Morgan fingerprint density at radius 1 is 1.03 bits per heavy atom. The minimum Gasteiger partial charge on any atom is -0.322 e. The van der Waals surface area contributed by atoms with Crippen molar-refractivity contribution >= 4 is 23.1 Å². The van der Waals surface area contributed by atoms with Gasteiger partial charge in [-0.05, 0) is 42.6 Å². The standard InChI is InChI=1S/C24H22N4OS/c1-3-17-9-7-8-12-19(17)27-24(29)23-16(2)28-30-21(23)15-22-25-14-13-20(26-22)18-10-5-4-6-11-18/h4-14H,3,15H2,1-2H3,(H,27,29). The van der Waals surface area contributed by atoms with Crippen molar-refractivity contribution in [3.63, 3.8) is 0 Å². The van der Waals surface area contributed by atoms with E-state index < -0.39 is 0 Å². The Labute approximate surface area is 180 Å². The van der Waals surface area contributed by atoms with Crippen LogP contribution in [0.2, 0.25) is 0 Å². The van der Waals surface area contributed by atoms with Crippen LogP contribution in [0.3, 0.4) is 0 Å². The minimum atomic E-state index is -0.142. The molecule has 0 aliphatic heterocycles. The second kappa shape index (κ2) is 8.97. The predicted octanol–water partition coefficient (Wildman–Crippen LogP) is 5.31. The van der Waals surface area contributed by atoms with Crippen LogP contribution < -0.4 is 5.32 Å². The summed E-state index contributed by atoms with van der Waals surface area (Å²) >= 11 is 1.33. The normalized spacial score (nSPS) is 10.7. The van der Waals surface area contributed by atoms with Crippen LogP contribution in [0.25, 0.3) is 11.3 Å². The number of benzene rings is 2. The molecule has 0 saturated carbocycles. The van der Waals surface area contributed by atoms with Gasteiger partial charge in [0, 0.05) is 28.7 Å². The van der Waals surface area contributed by atoms with Gasteiger partial charge < -0.3 is 5.32 Å². The van der Waals surface area contributed by atoms with E-state index in [1.54, 1.807) is 6.20 Å². The molecule has 2 aromatic heterocycles. The van der Waals surface area contributed by atoms with E-state index in [-0.39, 0.29) is 5.91 Å². The molecule has 0 radical (unpaired) electrons. The van der Waals surface area contributed by atoms with Gasteiger partial charge in [0.05, 0.1) is 17.0 Å². The summed E-state index contributed by atoms with van der Waals surface area (Å²) in [5.74, 6) is 0.527. The maximum absolute atomic E-state index is 13.1. The fourth-order valence-electron chi connectivity index (χ4n) is 3.36. The van der Waals surface area contributed by atoms with E-state index >= 15 is 0 Å². The first-order valence-corrected chi connectivity index (χ1v) is 10.6. The quantitative estimate of drug-likeness (QED) is 0.464. The highest BCUT2D eigenvalue weighted by Gasteiger charge is 2.20. The largest absolute Gasteiger partial charge is 0.322 e. The lowest BCUT2D eigenvalue weighted by Crippen LogP contribution is -2.15. The number of aromatic nitrogens is 3. The van der Waals surface area contributed by atoms with Crippen molar-refractivity contribution in [3.8, 4) is 11.3 Å². The van der Waals surface area contributed by atoms with Gasteiger partial charge in [-0.25, -0.2) is 9.97 Å². The number of hydrogen-bond acceptors (Lipinski definition) is 5. The highest BCUT2D eigenvalue weighted by molar-refractivity contribution is 7.06. The van der Waals surface area contributed by atoms with Gasteiger partial charge >= 0.3 is 0 Å². The van der Waals surface area contributed by atoms with Crippen LogP contribution in [-0.4, -0.2) is 20.2 Å². The second-order valence-electron chi connectivity index (χ2n) is 6.93. The lowest BCUT2D eigenvalue weighted by Gasteiger charge is -2.10. The van der Waals surface area contributed by atoms with E-state index in [9.17, 15) is 4.79 Å². The molecule has 4 aromatic rings. The first-order valence-electron chi connectivity index (χ1n) is 9.87. The molecule has 150 valence electrons. The monoisotopic (exact) mass is 414 g/mol. The van der Waals surface area contributed by atoms with Crippen LogP contribution in [0.15, 0.2) is 66.9 Å². The van der Waals surface area contributed by atoms with Crippen LogP contribution in [0.4, 0.5) is 5.69 Å². The zero-order valence-corrected chi connectivity index (χ0v) is 17.7. The molecule has 0 fully saturated rings. The van der Waals surface area contributed by atoms with Crippen molar-refractivity contribution < 1.29 is 4.79 Å². The summed E-state index contributed by atoms with van der Waals surface area (Å²) in [4.78, 5) is 23.1. The molecule has 0 spiro atoms. The molecule has 2 heterocycles. The van der Waals surface area contributed by atoms with Crippen LogP contribution in [0.5, 0.6) is 0 Å². The molecular weight excluding hydrogens is 392 g/mol. The molecule has 0 unspecified atom stereocenters. The number of nitrogens with zero attached hydrogens (tertiary/aromatic N) is 3. The molecule has 0 saturated heterocycles. The Morgan fingerprint density at radius 2 is 1.80 bits per heavy atom. The molecule has 1 N–H and O–H groups in total. The van der Waals surface area contributed by atoms with Crippen molar-refractivity contribution in [2.75, 3.05) is 5.32 Å². The molecule has 0 atom stereocenters. The first kappa shape index (κ1) is 19.9. The second-order valence-corrected chi connectivity index (χ2v) is 7.79. The van der Waals surface area contributed by atoms with E-state index in [0.717, 1.165) is 39.5 Å². The highest BCUT2D eigenvalue weighted by Crippen LogP contribution is 2.24. The fourth-order valence-corrected chi connectivity index (χ4v) is 4.22. The molecule has 0 aliphatic rings. The molecule has 1 amide bonds. The van der Waals surface area contributed by atoms with E-state index in [0.29, 0.717) is 17.8 Å². The Bertz CT molecular complexity index is 1170. The van der Waals surface area contributed by atoms with E-state index in [1.807, 2.05) is 67.6 Å². The van der Waals surface area contributed by atoms with E-state index in [1.165, 1.54) is 11.5 Å². The lowest BCUT2D eigenvalue weighted by atomic mass is 10.1. The van der Waals surface area contributed by atoms with E-state index in [4.69, 9.17) is 4.98 Å². The SMILES string of the molecule is CCc1ccccc1NC(=O)c1c(C)nsc1Cc1nccc(-c2ccccc2)n1. The zero-order valence-electron chi connectivity index (χ0n) is 16.9. The smallest absolute Gasteiger partial charge is 0.258 e. The van der Waals surface area contributed by atoms with Crippen LogP contribution in [0, 0.1) is 6.92 Å². The summed E-state index contributed by atoms with van der Waals surface area (Å²) in [5, 5.41) is 3.06. The number of carbonyl (C=O) groups is 1. The van der Waals surface area contributed by atoms with E-state index in [2.05, 4.69) is 21.6 Å². The van der Waals surface area contributed by atoms with Gasteiger partial charge in [-0.2, -0.15) is 4.37 Å². The predicted molar refractivity (Wildman–Crippen MR) is 121 cm³/mol. The lowest BCUT2D eigenvalue weighted by molar-refractivity contribution is 0.102. The Balaban J connectivity index is 1.59. The maximum atomic E-state index is 13.1. The van der Waals surface area contributed by atoms with Gasteiger partial charge in [0.25, 0.3) is 5.91 Å². The number of anilines is 1. The topological polar surface area (TPSA) is 67.8 Å². The van der Waals surface area contributed by atoms with Crippen molar-refractivity contribution in [1.29, 1.82) is 0 Å². The number of hydrogen-bond donors (Lipinski definition) is 1. The van der Waals surface area contributed by atoms with Gasteiger partial charge in [0.15, 0.2) is 0 Å². The number of carbonyl (C=O) groups excluding carboxylic acids is 1. The summed E-state index contributed by atoms with van der Waals surface area (Å²) in [5.41, 5.74) is 5.18. The Morgan fingerprint density at radius 3 is 2.60 bits per heavy atom. The molecule has 30 heavy (non-hydrogen) atoms. The molecule has 0 bridgehead atoms. The van der Waals surface area contributed by atoms with Crippen molar-refractivity contribution in [2.45, 2.75) is 26.7 Å². The molecule has 6 heteroatoms. The van der Waals surface area contributed by atoms with Gasteiger partial charge in [-0.1, -0.05) is 55.5 Å². The van der Waals surface area contributed by atoms with Gasteiger partial charge in [0.2, 0.25) is 0 Å². The minimum absolute atomic E-state index is 0.142. The first-order chi connectivity index (χ1) is 14.7. The summed E-state index contributed by atoms with van der Waals surface area (Å²) in [7, 11) is 0. The third-order valence-electron chi connectivity index (χ3n) is 4.90. The maximum Gasteiger partial charge on any atom is 0.258 e. The summed E-state index contributed by atoms with van der Waals surface area (Å²) in [6.07, 6.45) is 3.07. The summed E-state index contributed by atoms with van der Waals surface area (Å²) < 4.78 is 4.42. The van der Waals surface area contributed by atoms with Crippen LogP contribution in [0.1, 0.15) is 39.2 Å². The Kier molecular flexibility index (Phi) is 5.95. The molecule has 4 rings (SSSR count). The summed E-state index contributed by atoms with van der Waals surface area (Å²) in [6.45, 7) is 3.94. The zero-order chi connectivity index (χ0) is 20.9. The van der Waals surface area contributed by atoms with Gasteiger partial charge in [0.1, 0.15) is 5.82 Å². The van der Waals surface area contributed by atoms with Gasteiger partial charge in [-0.3, -0.25) is 4.79 Å². The molecule has 5 nitrogen and oxygen atoms in total. The van der Waals surface area contributed by atoms with Crippen molar-refractivity contribution in [1.82, 2.24) is 14.3 Å². The van der Waals surface area contributed by atoms with Gasteiger partial charge in [-0.15, -0.1) is 0 Å².